The number of ether oxygens (including phenoxy) is 2. The van der Waals surface area contributed by atoms with Gasteiger partial charge in [0.25, 0.3) is 5.91 Å². The Morgan fingerprint density at radius 1 is 0.884 bits per heavy atom. The number of esters is 2. The van der Waals surface area contributed by atoms with Gasteiger partial charge in [0.15, 0.2) is 6.10 Å². The first-order valence-corrected chi connectivity index (χ1v) is 24.7. The number of rotatable bonds is 15. The minimum Gasteiger partial charge on any atom is -0.456 e. The normalized spacial score (nSPS) is 26.3. The van der Waals surface area contributed by atoms with Gasteiger partial charge in [0.05, 0.1) is 6.54 Å². The van der Waals surface area contributed by atoms with Gasteiger partial charge in [-0.25, -0.2) is 9.59 Å². The van der Waals surface area contributed by atoms with Crippen molar-refractivity contribution in [1.82, 2.24) is 31.1 Å². The summed E-state index contributed by atoms with van der Waals surface area (Å²) in [7, 11) is 2.86. The van der Waals surface area contributed by atoms with Crippen LogP contribution in [0, 0.1) is 23.7 Å². The van der Waals surface area contributed by atoms with Crippen molar-refractivity contribution in [1.29, 1.82) is 0 Å². The summed E-state index contributed by atoms with van der Waals surface area (Å²) in [5.74, 6) is -6.33. The van der Waals surface area contributed by atoms with Crippen LogP contribution in [0.25, 0.3) is 0 Å². The lowest BCUT2D eigenvalue weighted by Gasteiger charge is -2.33. The van der Waals surface area contributed by atoms with Gasteiger partial charge in [0, 0.05) is 45.0 Å². The van der Waals surface area contributed by atoms with Crippen molar-refractivity contribution < 1.29 is 47.8 Å². The fourth-order valence-electron chi connectivity index (χ4n) is 8.05. The van der Waals surface area contributed by atoms with Crippen molar-refractivity contribution in [2.45, 2.75) is 163 Å². The molecule has 0 fully saturated rings. The first kappa shape index (κ1) is 59.5. The average Bonchev–Trinajstić information content (AvgIpc) is 3.31. The zero-order valence-corrected chi connectivity index (χ0v) is 43.4. The number of carbonyl (C=O) groups is 8. The Morgan fingerprint density at radius 3 is 2.13 bits per heavy atom. The van der Waals surface area contributed by atoms with E-state index in [1.165, 1.54) is 37.7 Å². The topological polar surface area (TPSA) is 236 Å². The van der Waals surface area contributed by atoms with Gasteiger partial charge in [0.2, 0.25) is 29.5 Å². The van der Waals surface area contributed by atoms with Crippen LogP contribution < -0.4 is 27.0 Å². The summed E-state index contributed by atoms with van der Waals surface area (Å²) in [5.41, 5.74) is 7.25. The number of hydrogen-bond acceptors (Lipinski definition) is 11. The number of allylic oxidation sites excluding steroid dienone is 2. The van der Waals surface area contributed by atoms with Crippen molar-refractivity contribution in [3.05, 3.63) is 59.2 Å². The van der Waals surface area contributed by atoms with Gasteiger partial charge >= 0.3 is 11.9 Å². The predicted octanol–water partition coefficient (Wildman–Crippen LogP) is 4.52. The molecule has 0 spiro atoms. The number of nitrogens with two attached hydrogens (primary N) is 1. The van der Waals surface area contributed by atoms with Gasteiger partial charge in [-0.3, -0.25) is 28.8 Å². The largest absolute Gasteiger partial charge is 0.456 e. The third-order valence-corrected chi connectivity index (χ3v) is 12.9. The third-order valence-electron chi connectivity index (χ3n) is 12.9. The first-order chi connectivity index (χ1) is 32.6. The Kier molecular flexibility index (Phi) is 26.0. The Labute approximate surface area is 410 Å². The molecule has 69 heavy (non-hydrogen) atoms. The number of hydrogen-bond donors (Lipinski definition) is 5. The molecular formula is C52H83N7O10. The number of benzene rings is 1. The Hall–Kier alpha value is -5.58. The molecule has 0 aliphatic carbocycles. The van der Waals surface area contributed by atoms with E-state index in [9.17, 15) is 38.4 Å². The highest BCUT2D eigenvalue weighted by molar-refractivity contribution is 5.96. The molecule has 0 aromatic heterocycles. The molecule has 1 aromatic rings. The predicted molar refractivity (Wildman–Crippen MR) is 266 cm³/mol. The summed E-state index contributed by atoms with van der Waals surface area (Å²) in [6.45, 7) is 18.0. The molecule has 1 aliphatic rings. The summed E-state index contributed by atoms with van der Waals surface area (Å²) in [5, 5.41) is 11.2. The lowest BCUT2D eigenvalue weighted by atomic mass is 9.81. The van der Waals surface area contributed by atoms with E-state index in [1.807, 2.05) is 33.8 Å². The molecule has 0 bridgehead atoms. The molecule has 17 heteroatoms. The molecule has 6 amide bonds. The van der Waals surface area contributed by atoms with Crippen molar-refractivity contribution in [3.8, 4) is 0 Å². The number of cyclic esters (lactones) is 2. The molecule has 2 rings (SSSR count). The van der Waals surface area contributed by atoms with Gasteiger partial charge in [-0.1, -0.05) is 96.4 Å². The molecule has 0 radical (unpaired) electrons. The second-order valence-corrected chi connectivity index (χ2v) is 19.2. The fourth-order valence-corrected chi connectivity index (χ4v) is 8.05. The van der Waals surface area contributed by atoms with E-state index in [1.54, 1.807) is 64.1 Å². The van der Waals surface area contributed by atoms with E-state index in [4.69, 9.17) is 15.2 Å². The van der Waals surface area contributed by atoms with E-state index in [2.05, 4.69) is 21.3 Å². The van der Waals surface area contributed by atoms with Crippen LogP contribution in [0.3, 0.4) is 0 Å². The molecule has 0 saturated heterocycles. The lowest BCUT2D eigenvalue weighted by molar-refractivity contribution is -0.154. The highest BCUT2D eigenvalue weighted by Gasteiger charge is 2.37. The average molecular weight is 966 g/mol. The summed E-state index contributed by atoms with van der Waals surface area (Å²) >= 11 is 0. The quantitative estimate of drug-likeness (QED) is 0.0932. The minimum absolute atomic E-state index is 0.0299. The molecule has 1 heterocycles. The second-order valence-electron chi connectivity index (χ2n) is 19.2. The molecule has 386 valence electrons. The Balaban J connectivity index is 2.69. The molecule has 1 aromatic carbocycles. The summed E-state index contributed by atoms with van der Waals surface area (Å²) in [6, 6.07) is 4.49. The maximum Gasteiger partial charge on any atom is 0.334 e. The van der Waals surface area contributed by atoms with Crippen LogP contribution in [0.2, 0.25) is 0 Å². The number of amides is 6. The molecule has 6 N–H and O–H groups in total. The zero-order valence-electron chi connectivity index (χ0n) is 43.4. The summed E-state index contributed by atoms with van der Waals surface area (Å²) in [6.07, 6.45) is 5.80. The van der Waals surface area contributed by atoms with Gasteiger partial charge < -0.3 is 46.3 Å². The van der Waals surface area contributed by atoms with Crippen LogP contribution in [-0.2, 0) is 54.3 Å². The van der Waals surface area contributed by atoms with E-state index < -0.39 is 96.2 Å². The zero-order chi connectivity index (χ0) is 52.0. The van der Waals surface area contributed by atoms with Crippen molar-refractivity contribution in [2.24, 2.45) is 29.4 Å². The number of likely N-dealkylation sites (N-methyl/N-ethyl adjacent to an activating group) is 2. The van der Waals surface area contributed by atoms with E-state index >= 15 is 0 Å². The molecule has 9 atom stereocenters. The fraction of sp³-hybridized carbons (Fsp3) is 0.654. The van der Waals surface area contributed by atoms with Gasteiger partial charge in [-0.2, -0.15) is 0 Å². The highest BCUT2D eigenvalue weighted by atomic mass is 16.6. The van der Waals surface area contributed by atoms with Gasteiger partial charge in [0.1, 0.15) is 30.3 Å². The van der Waals surface area contributed by atoms with Crippen LogP contribution in [0.5, 0.6) is 0 Å². The van der Waals surface area contributed by atoms with E-state index in [-0.39, 0.29) is 49.0 Å². The van der Waals surface area contributed by atoms with Crippen LogP contribution in [0.15, 0.2) is 53.6 Å². The molecule has 0 saturated carbocycles. The van der Waals surface area contributed by atoms with E-state index in [0.717, 1.165) is 31.2 Å². The third kappa shape index (κ3) is 19.7. The SMILES string of the molecule is C/C=C(\C)[C@H]1OC(=O)[C@@H](C)NC(=O)C(C(C)CC)NC(=O)CN(C)C(=O)[C@@H](Cc2ccccc2)N(C)C(=O)[C@H](C)NC(=O)[C@@H](CC(C)C)OC(=O)/C(C)=C/C[C@H](CC(=O)NCCCCCCN)[C@@H]1C. The maximum absolute atomic E-state index is 14.3. The molecular weight excluding hydrogens is 883 g/mol. The van der Waals surface area contributed by atoms with Crippen molar-refractivity contribution in [3.63, 3.8) is 0 Å². The first-order valence-electron chi connectivity index (χ1n) is 24.7. The minimum atomic E-state index is -1.28. The Bertz CT molecular complexity index is 1940. The smallest absolute Gasteiger partial charge is 0.334 e. The molecule has 17 nitrogen and oxygen atoms in total. The monoisotopic (exact) mass is 966 g/mol. The van der Waals surface area contributed by atoms with Crippen LogP contribution in [0.1, 0.15) is 126 Å². The van der Waals surface area contributed by atoms with Crippen LogP contribution >= 0.6 is 0 Å². The Morgan fingerprint density at radius 2 is 1.52 bits per heavy atom. The van der Waals surface area contributed by atoms with Crippen molar-refractivity contribution in [2.75, 3.05) is 33.7 Å². The van der Waals surface area contributed by atoms with Gasteiger partial charge in [-0.15, -0.1) is 0 Å². The van der Waals surface area contributed by atoms with E-state index in [0.29, 0.717) is 25.1 Å². The van der Waals surface area contributed by atoms with Crippen molar-refractivity contribution >= 4 is 47.4 Å². The molecule has 1 aliphatic heterocycles. The summed E-state index contributed by atoms with van der Waals surface area (Å²) < 4.78 is 12.0. The number of carbonyl (C=O) groups excluding carboxylic acids is 8. The van der Waals surface area contributed by atoms with Crippen LogP contribution in [-0.4, -0.2) is 127 Å². The maximum atomic E-state index is 14.3. The highest BCUT2D eigenvalue weighted by Crippen LogP contribution is 2.30. The standard InChI is InChI=1S/C52H83N7O10/c1-13-33(5)45-48(63)56-38(10)52(67)69-46(34(6)14-2)36(8)40(30-43(60)54-27-21-16-15-20-26-53)25-24-35(7)51(66)68-42(28-32(3)4)47(62)55-37(9)49(64)59(12)41(29-39-22-18-17-19-23-39)50(65)58(11)31-44(61)57-45/h14,17-19,22-24,32-33,36-38,40-42,45-46H,13,15-16,20-21,25-31,53H2,1-12H3,(H,54,60)(H,55,62)(H,56,63)(H,57,61)/b34-14+,35-24+/t33?,36-,37-,38+,40+,41+,42+,45?,46+/m0/s1. The molecule has 2 unspecified atom stereocenters. The number of nitrogens with one attached hydrogen (secondary N) is 4. The van der Waals surface area contributed by atoms with Crippen LogP contribution in [0.4, 0.5) is 0 Å². The van der Waals surface area contributed by atoms with Gasteiger partial charge in [-0.05, 0) is 95.7 Å². The summed E-state index contributed by atoms with van der Waals surface area (Å²) in [4.78, 5) is 113. The number of unbranched alkanes of at least 4 members (excludes halogenated alkanes) is 3. The lowest BCUT2D eigenvalue weighted by Crippen LogP contribution is -2.57. The second kappa shape index (κ2) is 30.1. The number of nitrogens with zero attached hydrogens (tertiary/aromatic N) is 2.